The predicted molar refractivity (Wildman–Crippen MR) is 89.7 cm³/mol. The van der Waals surface area contributed by atoms with E-state index in [1.54, 1.807) is 12.1 Å². The molecule has 0 aliphatic heterocycles. The van der Waals surface area contributed by atoms with Crippen molar-refractivity contribution in [3.8, 4) is 23.0 Å². The van der Waals surface area contributed by atoms with Gasteiger partial charge in [0.1, 0.15) is 5.75 Å². The van der Waals surface area contributed by atoms with E-state index >= 15 is 0 Å². The van der Waals surface area contributed by atoms with E-state index < -0.39 is 41.2 Å². The first-order chi connectivity index (χ1) is 12.2. The van der Waals surface area contributed by atoms with Crippen molar-refractivity contribution in [3.05, 3.63) is 47.5 Å². The summed E-state index contributed by atoms with van der Waals surface area (Å²) in [6, 6.07) is 5.28. The Morgan fingerprint density at radius 2 is 1.58 bits per heavy atom. The molecule has 0 bridgehead atoms. The Labute approximate surface area is 147 Å². The molecular formula is C17H18N2O7. The van der Waals surface area contributed by atoms with E-state index in [1.165, 1.54) is 12.1 Å². The van der Waals surface area contributed by atoms with Crippen molar-refractivity contribution >= 4 is 11.9 Å². The number of nitrogens with two attached hydrogens (primary N) is 1. The smallest absolute Gasteiger partial charge is 0.331 e. The lowest BCUT2D eigenvalue weighted by Crippen LogP contribution is -2.45. The number of carbonyl (C=O) groups excluding carboxylic acids is 1. The van der Waals surface area contributed by atoms with Crippen LogP contribution < -0.4 is 11.1 Å². The molecule has 138 valence electrons. The lowest BCUT2D eigenvalue weighted by atomic mass is 10.0. The topological polar surface area (TPSA) is 173 Å². The van der Waals surface area contributed by atoms with Gasteiger partial charge in [0.05, 0.1) is 6.04 Å². The summed E-state index contributed by atoms with van der Waals surface area (Å²) in [5.41, 5.74) is 6.13. The summed E-state index contributed by atoms with van der Waals surface area (Å²) in [5, 5.41) is 49.4. The minimum absolute atomic E-state index is 0.0559. The molecule has 0 radical (unpaired) electrons. The van der Waals surface area contributed by atoms with Crippen LogP contribution in [0.2, 0.25) is 0 Å². The first kappa shape index (κ1) is 18.9. The highest BCUT2D eigenvalue weighted by atomic mass is 16.4. The number of phenolic OH excluding ortho intramolecular Hbond substituents is 4. The van der Waals surface area contributed by atoms with Gasteiger partial charge in [0.15, 0.2) is 17.5 Å². The van der Waals surface area contributed by atoms with Crippen molar-refractivity contribution in [1.29, 1.82) is 0 Å². The van der Waals surface area contributed by atoms with Crippen LogP contribution in [0.3, 0.4) is 0 Å². The van der Waals surface area contributed by atoms with Crippen LogP contribution in [0.4, 0.5) is 0 Å². The molecule has 8 N–H and O–H groups in total. The fraction of sp³-hybridized carbons (Fsp3) is 0.176. The molecule has 2 rings (SSSR count). The molecular weight excluding hydrogens is 344 g/mol. The molecule has 0 saturated carbocycles. The summed E-state index contributed by atoms with van der Waals surface area (Å²) in [4.78, 5) is 23.7. The number of amides is 1. The third-order valence-electron chi connectivity index (χ3n) is 3.73. The third kappa shape index (κ3) is 4.14. The summed E-state index contributed by atoms with van der Waals surface area (Å²) in [6.07, 6.45) is 0.0886. The Bertz CT molecular complexity index is 821. The van der Waals surface area contributed by atoms with Crippen LogP contribution >= 0.6 is 0 Å². The van der Waals surface area contributed by atoms with Crippen molar-refractivity contribution in [2.24, 2.45) is 5.73 Å². The minimum atomic E-state index is -1.68. The molecule has 0 aliphatic rings. The summed E-state index contributed by atoms with van der Waals surface area (Å²) in [5.74, 6) is -4.61. The van der Waals surface area contributed by atoms with Gasteiger partial charge in [-0.2, -0.15) is 0 Å². The molecule has 1 amide bonds. The summed E-state index contributed by atoms with van der Waals surface area (Å²) >= 11 is 0. The Kier molecular flexibility index (Phi) is 5.53. The Balaban J connectivity index is 2.16. The third-order valence-corrected chi connectivity index (χ3v) is 3.73. The van der Waals surface area contributed by atoms with Gasteiger partial charge in [-0.1, -0.05) is 12.1 Å². The highest BCUT2D eigenvalue weighted by Gasteiger charge is 2.29. The van der Waals surface area contributed by atoms with Gasteiger partial charge in [0, 0.05) is 5.56 Å². The van der Waals surface area contributed by atoms with Gasteiger partial charge in [-0.15, -0.1) is 0 Å². The van der Waals surface area contributed by atoms with E-state index in [1.807, 2.05) is 0 Å². The average Bonchev–Trinajstić information content (AvgIpc) is 2.60. The van der Waals surface area contributed by atoms with Crippen LogP contribution in [-0.4, -0.2) is 43.5 Å². The molecule has 0 saturated heterocycles. The summed E-state index contributed by atoms with van der Waals surface area (Å²) in [6.45, 7) is 0. The average molecular weight is 362 g/mol. The van der Waals surface area contributed by atoms with E-state index in [0.717, 1.165) is 12.1 Å². The number of hydrogen-bond acceptors (Lipinski definition) is 7. The zero-order chi connectivity index (χ0) is 19.4. The largest absolute Gasteiger partial charge is 0.508 e. The maximum Gasteiger partial charge on any atom is 0.331 e. The van der Waals surface area contributed by atoms with Gasteiger partial charge in [-0.25, -0.2) is 4.79 Å². The van der Waals surface area contributed by atoms with Crippen LogP contribution in [0.25, 0.3) is 0 Å². The summed E-state index contributed by atoms with van der Waals surface area (Å²) < 4.78 is 0. The van der Waals surface area contributed by atoms with Crippen LogP contribution in [0.15, 0.2) is 36.4 Å². The number of carboxylic acid groups (broad SMARTS) is 1. The Morgan fingerprint density at radius 1 is 0.962 bits per heavy atom. The zero-order valence-corrected chi connectivity index (χ0v) is 13.5. The van der Waals surface area contributed by atoms with Crippen LogP contribution in [0.5, 0.6) is 23.0 Å². The normalized spacial score (nSPS) is 13.0. The van der Waals surface area contributed by atoms with E-state index in [4.69, 9.17) is 5.73 Å². The molecule has 0 unspecified atom stereocenters. The maximum atomic E-state index is 12.2. The fourth-order valence-corrected chi connectivity index (χ4v) is 2.32. The van der Waals surface area contributed by atoms with Crippen molar-refractivity contribution in [2.45, 2.75) is 18.5 Å². The van der Waals surface area contributed by atoms with E-state index in [9.17, 15) is 35.1 Å². The number of benzene rings is 2. The molecule has 2 aromatic carbocycles. The van der Waals surface area contributed by atoms with Crippen LogP contribution in [-0.2, 0) is 16.0 Å². The number of aliphatic carboxylic acids is 1. The molecule has 0 heterocycles. The highest BCUT2D eigenvalue weighted by molar-refractivity contribution is 5.88. The van der Waals surface area contributed by atoms with Crippen LogP contribution in [0, 0.1) is 0 Å². The molecule has 0 spiro atoms. The number of rotatable bonds is 6. The molecule has 0 aliphatic carbocycles. The van der Waals surface area contributed by atoms with Gasteiger partial charge in [0.2, 0.25) is 11.7 Å². The molecule has 0 aromatic heterocycles. The van der Waals surface area contributed by atoms with Gasteiger partial charge in [-0.05, 0) is 36.2 Å². The zero-order valence-electron chi connectivity index (χ0n) is 13.5. The minimum Gasteiger partial charge on any atom is -0.508 e. The molecule has 0 fully saturated rings. The first-order valence-corrected chi connectivity index (χ1v) is 7.51. The molecule has 26 heavy (non-hydrogen) atoms. The monoisotopic (exact) mass is 362 g/mol. The number of hydrogen-bond donors (Lipinski definition) is 7. The Morgan fingerprint density at radius 3 is 2.15 bits per heavy atom. The Hall–Kier alpha value is -3.46. The maximum absolute atomic E-state index is 12.2. The second-order valence-electron chi connectivity index (χ2n) is 5.63. The van der Waals surface area contributed by atoms with Gasteiger partial charge >= 0.3 is 5.97 Å². The molecule has 2 atom stereocenters. The quantitative estimate of drug-likeness (QED) is 0.360. The van der Waals surface area contributed by atoms with Crippen molar-refractivity contribution < 1.29 is 35.1 Å². The van der Waals surface area contributed by atoms with Gasteiger partial charge < -0.3 is 36.6 Å². The van der Waals surface area contributed by atoms with Crippen molar-refractivity contribution in [2.75, 3.05) is 0 Å². The lowest BCUT2D eigenvalue weighted by Gasteiger charge is -2.19. The summed E-state index contributed by atoms with van der Waals surface area (Å²) in [7, 11) is 0. The number of phenols is 4. The van der Waals surface area contributed by atoms with Gasteiger partial charge in [-0.3, -0.25) is 4.79 Å². The molecule has 2 aromatic rings. The number of aromatic hydroxyl groups is 4. The number of carboxylic acids is 1. The first-order valence-electron chi connectivity index (χ1n) is 7.51. The van der Waals surface area contributed by atoms with E-state index in [2.05, 4.69) is 5.32 Å². The highest BCUT2D eigenvalue weighted by Crippen LogP contribution is 2.39. The van der Waals surface area contributed by atoms with E-state index in [0.29, 0.717) is 5.56 Å². The lowest BCUT2D eigenvalue weighted by molar-refractivity contribution is -0.142. The van der Waals surface area contributed by atoms with E-state index in [-0.39, 0.29) is 17.7 Å². The fourth-order valence-electron chi connectivity index (χ4n) is 2.32. The number of nitrogens with one attached hydrogen (secondary N) is 1. The standard InChI is InChI=1S/C17H18N2O7/c18-11(7-8-1-3-9(20)4-2-8)16(24)19-13(17(25)26)10-5-6-12(21)15(23)14(10)22/h1-6,11,13,20-23H,7,18H2,(H,19,24)(H,25,26)/t11-,13-/m0/s1. The number of carbonyl (C=O) groups is 2. The van der Waals surface area contributed by atoms with Crippen LogP contribution in [0.1, 0.15) is 17.2 Å². The van der Waals surface area contributed by atoms with Gasteiger partial charge in [0.25, 0.3) is 0 Å². The van der Waals surface area contributed by atoms with Crippen molar-refractivity contribution in [3.63, 3.8) is 0 Å². The van der Waals surface area contributed by atoms with Crippen molar-refractivity contribution in [1.82, 2.24) is 5.32 Å². The molecule has 9 nitrogen and oxygen atoms in total. The predicted octanol–water partition coefficient (Wildman–Crippen LogP) is 0.321. The second-order valence-corrected chi connectivity index (χ2v) is 5.63. The molecule has 9 heteroatoms. The SMILES string of the molecule is N[C@@H](Cc1ccc(O)cc1)C(=O)N[C@H](C(=O)O)c1ccc(O)c(O)c1O. The second kappa shape index (κ2) is 7.62.